The average Bonchev–Trinajstić information content (AvgIpc) is 3.53. The summed E-state index contributed by atoms with van der Waals surface area (Å²) >= 11 is 1.48. The van der Waals surface area contributed by atoms with Crippen molar-refractivity contribution in [1.29, 1.82) is 5.26 Å². The van der Waals surface area contributed by atoms with Crippen LogP contribution in [0.3, 0.4) is 0 Å². The van der Waals surface area contributed by atoms with Crippen LogP contribution in [0, 0.1) is 11.3 Å². The van der Waals surface area contributed by atoms with Crippen LogP contribution in [0.15, 0.2) is 61.1 Å². The number of hydrogen-bond acceptors (Lipinski definition) is 8. The number of anilines is 2. The third kappa shape index (κ3) is 4.95. The van der Waals surface area contributed by atoms with E-state index in [1.165, 1.54) is 11.8 Å². The number of hydrogen-bond donors (Lipinski definition) is 2. The number of likely N-dealkylation sites (tertiary alicyclic amines) is 1. The predicted molar refractivity (Wildman–Crippen MR) is 144 cm³/mol. The largest absolute Gasteiger partial charge is 0.367 e. The van der Waals surface area contributed by atoms with Crippen LogP contribution in [0.5, 0.6) is 0 Å². The minimum absolute atomic E-state index is 0.311. The van der Waals surface area contributed by atoms with Crippen molar-refractivity contribution in [2.45, 2.75) is 44.7 Å². The Labute approximate surface area is 215 Å². The Bertz CT molecular complexity index is 1330. The Hall–Kier alpha value is -3.39. The number of aliphatic hydroxyl groups is 1. The summed E-state index contributed by atoms with van der Waals surface area (Å²) in [5.74, 6) is 1.51. The molecule has 0 amide bonds. The number of thioether (sulfide) groups is 1. The summed E-state index contributed by atoms with van der Waals surface area (Å²) in [7, 11) is 0. The SMILES string of the molecule is CC.CCSC(C)(O)N1CC(CC#N)(n2cc(-c3cc(Nc4ccccc4)nc4ccnn34)cn2)C1. The van der Waals surface area contributed by atoms with Crippen molar-refractivity contribution in [3.8, 4) is 17.3 Å². The molecule has 0 saturated carbocycles. The van der Waals surface area contributed by atoms with Gasteiger partial charge in [0.15, 0.2) is 10.7 Å². The fraction of sp³-hybridized carbons (Fsp3) is 0.385. The lowest BCUT2D eigenvalue weighted by Gasteiger charge is -2.54. The Morgan fingerprint density at radius 1 is 1.19 bits per heavy atom. The maximum atomic E-state index is 10.8. The lowest BCUT2D eigenvalue weighted by molar-refractivity contribution is -0.117. The standard InChI is InChI=1S/C24H26N8OS.C2H6/c1-3-34-23(2,33)30-16-24(17-30,10-11-25)31-15-18(14-27-31)20-13-21(28-19-7-5-4-6-8-19)29-22-9-12-26-32(20)22;1-2/h4-9,12-15,33H,3,10,16-17H2,1-2H3,(H,28,29);1-2H3. The zero-order valence-corrected chi connectivity index (χ0v) is 21.9. The fourth-order valence-electron chi connectivity index (χ4n) is 4.37. The summed E-state index contributed by atoms with van der Waals surface area (Å²) < 4.78 is 3.65. The summed E-state index contributed by atoms with van der Waals surface area (Å²) in [5.41, 5.74) is 2.90. The molecular weight excluding hydrogens is 472 g/mol. The number of fused-ring (bicyclic) bond motifs is 1. The van der Waals surface area contributed by atoms with E-state index in [2.05, 4.69) is 26.6 Å². The molecule has 9 nitrogen and oxygen atoms in total. The number of benzene rings is 1. The van der Waals surface area contributed by atoms with Crippen molar-refractivity contribution in [1.82, 2.24) is 29.3 Å². The molecule has 4 heterocycles. The van der Waals surface area contributed by atoms with Gasteiger partial charge in [-0.05, 0) is 24.8 Å². The summed E-state index contributed by atoms with van der Waals surface area (Å²) in [6, 6.07) is 16.0. The normalized spacial score (nSPS) is 16.3. The smallest absolute Gasteiger partial charge is 0.163 e. The predicted octanol–water partition coefficient (Wildman–Crippen LogP) is 4.71. The van der Waals surface area contributed by atoms with Gasteiger partial charge in [0.2, 0.25) is 0 Å². The van der Waals surface area contributed by atoms with Crippen LogP contribution < -0.4 is 5.32 Å². The maximum Gasteiger partial charge on any atom is 0.163 e. The molecule has 0 aliphatic carbocycles. The Morgan fingerprint density at radius 3 is 2.64 bits per heavy atom. The minimum Gasteiger partial charge on any atom is -0.367 e. The fourth-order valence-corrected chi connectivity index (χ4v) is 5.23. The van der Waals surface area contributed by atoms with Gasteiger partial charge in [0, 0.05) is 42.7 Å². The van der Waals surface area contributed by atoms with E-state index in [-0.39, 0.29) is 0 Å². The van der Waals surface area contributed by atoms with Gasteiger partial charge in [0.25, 0.3) is 0 Å². The molecule has 36 heavy (non-hydrogen) atoms. The van der Waals surface area contributed by atoms with E-state index in [9.17, 15) is 10.4 Å². The quantitative estimate of drug-likeness (QED) is 0.332. The molecular formula is C26H32N8OS. The second kappa shape index (κ2) is 10.7. The van der Waals surface area contributed by atoms with E-state index >= 15 is 0 Å². The molecule has 2 N–H and O–H groups in total. The van der Waals surface area contributed by atoms with E-state index in [0.717, 1.165) is 28.3 Å². The number of nitriles is 1. The molecule has 1 aliphatic heterocycles. The maximum absolute atomic E-state index is 10.8. The number of aromatic nitrogens is 5. The van der Waals surface area contributed by atoms with Crippen molar-refractivity contribution in [3.63, 3.8) is 0 Å². The lowest BCUT2D eigenvalue weighted by Crippen LogP contribution is -2.68. The van der Waals surface area contributed by atoms with E-state index in [4.69, 9.17) is 0 Å². The van der Waals surface area contributed by atoms with Crippen molar-refractivity contribution in [2.75, 3.05) is 24.2 Å². The van der Waals surface area contributed by atoms with Gasteiger partial charge in [-0.2, -0.15) is 15.5 Å². The van der Waals surface area contributed by atoms with E-state index in [0.29, 0.717) is 25.3 Å². The van der Waals surface area contributed by atoms with Gasteiger partial charge in [-0.1, -0.05) is 39.0 Å². The highest BCUT2D eigenvalue weighted by molar-refractivity contribution is 8.00. The summed E-state index contributed by atoms with van der Waals surface area (Å²) in [6.45, 7) is 8.93. The van der Waals surface area contributed by atoms with Crippen LogP contribution >= 0.6 is 11.8 Å². The first-order valence-corrected chi connectivity index (χ1v) is 13.1. The van der Waals surface area contributed by atoms with Crippen LogP contribution in [-0.4, -0.2) is 58.3 Å². The minimum atomic E-state index is -0.964. The van der Waals surface area contributed by atoms with Crippen LogP contribution in [0.1, 0.15) is 34.1 Å². The van der Waals surface area contributed by atoms with Crippen LogP contribution in [0.2, 0.25) is 0 Å². The number of nitrogens with zero attached hydrogens (tertiary/aromatic N) is 7. The highest BCUT2D eigenvalue weighted by Gasteiger charge is 2.51. The van der Waals surface area contributed by atoms with Gasteiger partial charge < -0.3 is 10.4 Å². The molecule has 1 atom stereocenters. The van der Waals surface area contributed by atoms with Crippen molar-refractivity contribution in [2.24, 2.45) is 0 Å². The first kappa shape index (κ1) is 25.7. The third-order valence-electron chi connectivity index (χ3n) is 6.15. The van der Waals surface area contributed by atoms with Gasteiger partial charge in [-0.25, -0.2) is 9.50 Å². The molecule has 0 bridgehead atoms. The Kier molecular flexibility index (Phi) is 7.64. The van der Waals surface area contributed by atoms with Crippen molar-refractivity contribution >= 4 is 28.9 Å². The Balaban J connectivity index is 0.00000148. The number of nitrogens with one attached hydrogen (secondary N) is 1. The highest BCUT2D eigenvalue weighted by atomic mass is 32.2. The van der Waals surface area contributed by atoms with Gasteiger partial charge in [-0.15, -0.1) is 11.8 Å². The average molecular weight is 505 g/mol. The number of rotatable bonds is 8. The molecule has 1 aromatic carbocycles. The molecule has 1 saturated heterocycles. The zero-order chi connectivity index (χ0) is 25.8. The van der Waals surface area contributed by atoms with Gasteiger partial charge in [0.1, 0.15) is 11.4 Å². The molecule has 0 radical (unpaired) electrons. The molecule has 3 aromatic heterocycles. The molecule has 1 unspecified atom stereocenters. The second-order valence-corrected chi connectivity index (χ2v) is 10.2. The molecule has 1 fully saturated rings. The van der Waals surface area contributed by atoms with Crippen LogP contribution in [0.25, 0.3) is 16.9 Å². The van der Waals surface area contributed by atoms with E-state index in [1.807, 2.05) is 79.0 Å². The van der Waals surface area contributed by atoms with Crippen molar-refractivity contribution in [3.05, 3.63) is 61.1 Å². The van der Waals surface area contributed by atoms with Crippen LogP contribution in [0.4, 0.5) is 11.5 Å². The molecule has 5 rings (SSSR count). The lowest BCUT2D eigenvalue weighted by atomic mass is 9.86. The first-order chi connectivity index (χ1) is 17.4. The molecule has 1 aliphatic rings. The molecule has 10 heteroatoms. The first-order valence-electron chi connectivity index (χ1n) is 12.1. The molecule has 188 valence electrons. The molecule has 0 spiro atoms. The van der Waals surface area contributed by atoms with Crippen molar-refractivity contribution < 1.29 is 5.11 Å². The number of para-hydroxylation sites is 1. The summed E-state index contributed by atoms with van der Waals surface area (Å²) in [5, 5.41) is 31.8. The summed E-state index contributed by atoms with van der Waals surface area (Å²) in [6.07, 6.45) is 5.78. The topological polar surface area (TPSA) is 107 Å². The van der Waals surface area contributed by atoms with Gasteiger partial charge >= 0.3 is 0 Å². The second-order valence-electron chi connectivity index (χ2n) is 8.57. The third-order valence-corrected chi connectivity index (χ3v) is 7.25. The van der Waals surface area contributed by atoms with E-state index < -0.39 is 10.6 Å². The molecule has 4 aromatic rings. The van der Waals surface area contributed by atoms with Crippen LogP contribution in [-0.2, 0) is 5.54 Å². The zero-order valence-electron chi connectivity index (χ0n) is 21.1. The summed E-state index contributed by atoms with van der Waals surface area (Å²) in [4.78, 5) is 6.65. The highest BCUT2D eigenvalue weighted by Crippen LogP contribution is 2.40. The Morgan fingerprint density at radius 2 is 1.94 bits per heavy atom. The van der Waals surface area contributed by atoms with E-state index in [1.54, 1.807) is 23.8 Å². The monoisotopic (exact) mass is 504 g/mol. The van der Waals surface area contributed by atoms with Gasteiger partial charge in [-0.3, -0.25) is 9.58 Å². The van der Waals surface area contributed by atoms with Gasteiger partial charge in [0.05, 0.1) is 30.6 Å².